The van der Waals surface area contributed by atoms with E-state index in [1.54, 1.807) is 37.6 Å². The number of benzene rings is 1. The number of nitrogens with zero attached hydrogens (tertiary/aromatic N) is 3. The third-order valence-corrected chi connectivity index (χ3v) is 7.16. The fourth-order valence-corrected chi connectivity index (χ4v) is 5.47. The Hall–Kier alpha value is -2.77. The van der Waals surface area contributed by atoms with Crippen molar-refractivity contribution in [3.8, 4) is 0 Å². The number of ether oxygens (including phenoxy) is 1. The first-order valence-electron chi connectivity index (χ1n) is 11.8. The van der Waals surface area contributed by atoms with Crippen molar-refractivity contribution in [1.82, 2.24) is 14.8 Å². The van der Waals surface area contributed by atoms with Gasteiger partial charge in [-0.3, -0.25) is 24.3 Å². The van der Waals surface area contributed by atoms with Crippen LogP contribution in [-0.4, -0.2) is 59.3 Å². The van der Waals surface area contributed by atoms with E-state index >= 15 is 0 Å². The number of hydrogen-bond donors (Lipinski definition) is 0. The van der Waals surface area contributed by atoms with Crippen molar-refractivity contribution >= 4 is 29.3 Å². The lowest BCUT2D eigenvalue weighted by atomic mass is 9.75. The summed E-state index contributed by atoms with van der Waals surface area (Å²) >= 11 is 6.54. The molecule has 2 aliphatic heterocycles. The number of halogens is 1. The molecule has 0 bridgehead atoms. The summed E-state index contributed by atoms with van der Waals surface area (Å²) in [5.41, 5.74) is 0.0625. The molecule has 8 heteroatoms. The number of likely N-dealkylation sites (tertiary alicyclic amines) is 2. The molecule has 0 aliphatic carbocycles. The molecule has 3 heterocycles. The number of aromatic nitrogens is 1. The second-order valence-corrected chi connectivity index (χ2v) is 9.37. The summed E-state index contributed by atoms with van der Waals surface area (Å²) in [6.45, 7) is 1.29. The summed E-state index contributed by atoms with van der Waals surface area (Å²) in [5, 5.41) is 0.384. The molecule has 0 saturated carbocycles. The lowest BCUT2D eigenvalue weighted by Crippen LogP contribution is -2.46. The predicted octanol–water partition coefficient (Wildman–Crippen LogP) is 3.91. The second-order valence-electron chi connectivity index (χ2n) is 8.97. The number of piperidine rings is 1. The summed E-state index contributed by atoms with van der Waals surface area (Å²) in [7, 11) is 1.58. The topological polar surface area (TPSA) is 79.8 Å². The first-order valence-corrected chi connectivity index (χ1v) is 12.1. The number of carbonyl (C=O) groups excluding carboxylic acids is 3. The summed E-state index contributed by atoms with van der Waals surface area (Å²) in [5.74, 6) is -0.801. The van der Waals surface area contributed by atoms with E-state index < -0.39 is 5.41 Å². The summed E-state index contributed by atoms with van der Waals surface area (Å²) in [6.07, 6.45) is 4.80. The Morgan fingerprint density at radius 3 is 2.71 bits per heavy atom. The van der Waals surface area contributed by atoms with Crippen molar-refractivity contribution in [2.24, 2.45) is 0 Å². The normalized spacial score (nSPS) is 22.9. The van der Waals surface area contributed by atoms with Gasteiger partial charge < -0.3 is 9.64 Å². The SMILES string of the molecule is COCCCN1C(=O)C[C@](CC(=O)N2CCCC[C@@H]2c2ccccn2)(c2ccccc2Cl)C1=O. The Bertz CT molecular complexity index is 1050. The first kappa shape index (κ1) is 24.4. The van der Waals surface area contributed by atoms with Crippen molar-refractivity contribution in [2.75, 3.05) is 26.8 Å². The molecule has 7 nitrogen and oxygen atoms in total. The molecular formula is C26H30ClN3O4. The molecule has 0 N–H and O–H groups in total. The highest BCUT2D eigenvalue weighted by atomic mass is 35.5. The van der Waals surface area contributed by atoms with Gasteiger partial charge in [-0.15, -0.1) is 0 Å². The van der Waals surface area contributed by atoms with Gasteiger partial charge in [-0.2, -0.15) is 0 Å². The number of amides is 3. The maximum absolute atomic E-state index is 13.8. The van der Waals surface area contributed by atoms with Crippen LogP contribution in [0.3, 0.4) is 0 Å². The monoisotopic (exact) mass is 483 g/mol. The van der Waals surface area contributed by atoms with Crippen LogP contribution in [-0.2, 0) is 24.5 Å². The molecule has 1 aromatic carbocycles. The van der Waals surface area contributed by atoms with Crippen LogP contribution in [0.25, 0.3) is 0 Å². The van der Waals surface area contributed by atoms with Gasteiger partial charge in [-0.1, -0.05) is 35.9 Å². The average Bonchev–Trinajstić information content (AvgIpc) is 3.09. The fourth-order valence-electron chi connectivity index (χ4n) is 5.16. The number of hydrogen-bond acceptors (Lipinski definition) is 5. The highest BCUT2D eigenvalue weighted by Crippen LogP contribution is 2.44. The predicted molar refractivity (Wildman–Crippen MR) is 128 cm³/mol. The van der Waals surface area contributed by atoms with Gasteiger partial charge in [0, 0.05) is 50.9 Å². The van der Waals surface area contributed by atoms with E-state index in [1.807, 2.05) is 23.1 Å². The zero-order valence-electron chi connectivity index (χ0n) is 19.4. The quantitative estimate of drug-likeness (QED) is 0.420. The number of pyridine rings is 1. The van der Waals surface area contributed by atoms with Gasteiger partial charge in [0.15, 0.2) is 0 Å². The molecule has 2 aliphatic rings. The molecule has 2 fully saturated rings. The minimum Gasteiger partial charge on any atom is -0.385 e. The first-order chi connectivity index (χ1) is 16.5. The zero-order valence-corrected chi connectivity index (χ0v) is 20.2. The van der Waals surface area contributed by atoms with E-state index in [9.17, 15) is 14.4 Å². The maximum Gasteiger partial charge on any atom is 0.240 e. The number of carbonyl (C=O) groups is 3. The average molecular weight is 484 g/mol. The van der Waals surface area contributed by atoms with Crippen LogP contribution in [0, 0.1) is 0 Å². The van der Waals surface area contributed by atoms with Gasteiger partial charge >= 0.3 is 0 Å². The highest BCUT2D eigenvalue weighted by Gasteiger charge is 2.55. The van der Waals surface area contributed by atoms with Crippen LogP contribution in [0.1, 0.15) is 55.8 Å². The molecular weight excluding hydrogens is 454 g/mol. The highest BCUT2D eigenvalue weighted by molar-refractivity contribution is 6.32. The Balaban J connectivity index is 1.67. The van der Waals surface area contributed by atoms with E-state index in [0.29, 0.717) is 30.2 Å². The molecule has 2 aromatic rings. The van der Waals surface area contributed by atoms with E-state index in [-0.39, 0.29) is 43.1 Å². The Labute approximate surface area is 205 Å². The number of rotatable bonds is 8. The van der Waals surface area contributed by atoms with Gasteiger partial charge in [0.2, 0.25) is 17.7 Å². The third-order valence-electron chi connectivity index (χ3n) is 6.83. The van der Waals surface area contributed by atoms with Crippen LogP contribution < -0.4 is 0 Å². The molecule has 2 saturated heterocycles. The van der Waals surface area contributed by atoms with Crippen LogP contribution in [0.4, 0.5) is 0 Å². The smallest absolute Gasteiger partial charge is 0.240 e. The van der Waals surface area contributed by atoms with E-state index in [2.05, 4.69) is 4.98 Å². The molecule has 4 rings (SSSR count). The number of imide groups is 1. The van der Waals surface area contributed by atoms with Crippen LogP contribution >= 0.6 is 11.6 Å². The van der Waals surface area contributed by atoms with Crippen LogP contribution in [0.5, 0.6) is 0 Å². The summed E-state index contributed by atoms with van der Waals surface area (Å²) in [4.78, 5) is 48.2. The van der Waals surface area contributed by atoms with Crippen LogP contribution in [0.2, 0.25) is 5.02 Å². The zero-order chi connectivity index (χ0) is 24.1. The lowest BCUT2D eigenvalue weighted by Gasteiger charge is -2.38. The lowest BCUT2D eigenvalue weighted by molar-refractivity contribution is -0.144. The third kappa shape index (κ3) is 4.72. The molecule has 34 heavy (non-hydrogen) atoms. The fraction of sp³-hybridized carbons (Fsp3) is 0.462. The molecule has 0 spiro atoms. The molecule has 0 radical (unpaired) electrons. The van der Waals surface area contributed by atoms with Crippen molar-refractivity contribution in [1.29, 1.82) is 0 Å². The minimum absolute atomic E-state index is 0.0730. The maximum atomic E-state index is 13.8. The molecule has 180 valence electrons. The summed E-state index contributed by atoms with van der Waals surface area (Å²) in [6, 6.07) is 12.6. The molecule has 3 amide bonds. The van der Waals surface area contributed by atoms with Crippen molar-refractivity contribution < 1.29 is 19.1 Å². The number of methoxy groups -OCH3 is 1. The Kier molecular flexibility index (Phi) is 7.63. The van der Waals surface area contributed by atoms with Gasteiger partial charge in [0.1, 0.15) is 0 Å². The van der Waals surface area contributed by atoms with E-state index in [0.717, 1.165) is 25.0 Å². The van der Waals surface area contributed by atoms with E-state index in [1.165, 1.54) is 4.90 Å². The second kappa shape index (κ2) is 10.7. The van der Waals surface area contributed by atoms with Crippen molar-refractivity contribution in [2.45, 2.75) is 50.0 Å². The van der Waals surface area contributed by atoms with Gasteiger partial charge in [-0.25, -0.2) is 0 Å². The molecule has 0 unspecified atom stereocenters. The summed E-state index contributed by atoms with van der Waals surface area (Å²) < 4.78 is 5.09. The van der Waals surface area contributed by atoms with Crippen molar-refractivity contribution in [3.63, 3.8) is 0 Å². The Morgan fingerprint density at radius 1 is 1.18 bits per heavy atom. The van der Waals surface area contributed by atoms with Gasteiger partial charge in [0.05, 0.1) is 17.2 Å². The van der Waals surface area contributed by atoms with Crippen LogP contribution in [0.15, 0.2) is 48.7 Å². The van der Waals surface area contributed by atoms with Gasteiger partial charge in [0.25, 0.3) is 0 Å². The van der Waals surface area contributed by atoms with Gasteiger partial charge in [-0.05, 0) is 49.4 Å². The molecule has 1 aromatic heterocycles. The van der Waals surface area contributed by atoms with E-state index in [4.69, 9.17) is 16.3 Å². The largest absolute Gasteiger partial charge is 0.385 e. The Morgan fingerprint density at radius 2 is 1.97 bits per heavy atom. The van der Waals surface area contributed by atoms with Crippen molar-refractivity contribution in [3.05, 3.63) is 64.9 Å². The standard InChI is InChI=1S/C26H30ClN3O4/c1-34-16-8-15-30-24(32)18-26(25(30)33,19-9-2-3-10-20(19)27)17-23(31)29-14-7-5-12-22(29)21-11-4-6-13-28-21/h2-4,6,9-11,13,22H,5,7-8,12,14-18H2,1H3/t22-,26-/m1/s1. The molecule has 2 atom stereocenters. The minimum atomic E-state index is -1.31.